The summed E-state index contributed by atoms with van der Waals surface area (Å²) >= 11 is 0. The van der Waals surface area contributed by atoms with Crippen LogP contribution in [0.3, 0.4) is 0 Å². The van der Waals surface area contributed by atoms with Crippen molar-refractivity contribution in [1.29, 1.82) is 0 Å². The van der Waals surface area contributed by atoms with Crippen LogP contribution >= 0.6 is 0 Å². The summed E-state index contributed by atoms with van der Waals surface area (Å²) in [6.45, 7) is -0.241. The summed E-state index contributed by atoms with van der Waals surface area (Å²) in [5.74, 6) is -1.71. The van der Waals surface area contributed by atoms with E-state index in [4.69, 9.17) is 4.74 Å². The Morgan fingerprint density at radius 1 is 1.16 bits per heavy atom. The van der Waals surface area contributed by atoms with E-state index in [1.54, 1.807) is 13.1 Å². The molecule has 0 unspecified atom stereocenters. The normalized spacial score (nSPS) is 20.4. The highest BCUT2D eigenvalue weighted by Gasteiger charge is 2.40. The Bertz CT molecular complexity index is 795. The van der Waals surface area contributed by atoms with Crippen LogP contribution in [-0.4, -0.2) is 36.5 Å². The Labute approximate surface area is 143 Å². The number of amides is 2. The SMILES string of the molecule is CN1C(=O)CO[C@@H](C(=O)Nc2cccc(F)c2)[C@H]1c1ccc(F)cc1. The average molecular weight is 346 g/mol. The molecule has 2 atom stereocenters. The van der Waals surface area contributed by atoms with Crippen LogP contribution in [0.15, 0.2) is 48.5 Å². The van der Waals surface area contributed by atoms with Gasteiger partial charge >= 0.3 is 0 Å². The highest BCUT2D eigenvalue weighted by Crippen LogP contribution is 2.30. The standard InChI is InChI=1S/C18H16F2N2O3/c1-22-15(23)10-25-17(16(22)11-5-7-12(19)8-6-11)18(24)21-14-4-2-3-13(20)9-14/h2-9,16-17H,10H2,1H3,(H,21,24)/t16-,17-/m1/s1. The summed E-state index contributed by atoms with van der Waals surface area (Å²) in [5.41, 5.74) is 0.849. The highest BCUT2D eigenvalue weighted by atomic mass is 19.1. The molecule has 2 aromatic rings. The second-order valence-corrected chi connectivity index (χ2v) is 5.73. The molecule has 2 amide bonds. The van der Waals surface area contributed by atoms with Gasteiger partial charge in [-0.25, -0.2) is 8.78 Å². The minimum Gasteiger partial charge on any atom is -0.356 e. The first-order chi connectivity index (χ1) is 12.0. The van der Waals surface area contributed by atoms with Crippen LogP contribution in [-0.2, 0) is 14.3 Å². The number of anilines is 1. The van der Waals surface area contributed by atoms with Gasteiger partial charge in [-0.3, -0.25) is 9.59 Å². The zero-order chi connectivity index (χ0) is 18.0. The molecule has 0 bridgehead atoms. The van der Waals surface area contributed by atoms with Gasteiger partial charge in [0.1, 0.15) is 18.2 Å². The van der Waals surface area contributed by atoms with E-state index in [0.29, 0.717) is 5.56 Å². The van der Waals surface area contributed by atoms with Gasteiger partial charge in [0.2, 0.25) is 5.91 Å². The summed E-state index contributed by atoms with van der Waals surface area (Å²) in [4.78, 5) is 26.0. The second-order valence-electron chi connectivity index (χ2n) is 5.73. The Balaban J connectivity index is 1.87. The van der Waals surface area contributed by atoms with Crippen molar-refractivity contribution >= 4 is 17.5 Å². The van der Waals surface area contributed by atoms with Gasteiger partial charge in [-0.15, -0.1) is 0 Å². The van der Waals surface area contributed by atoms with Crippen molar-refractivity contribution in [3.8, 4) is 0 Å². The van der Waals surface area contributed by atoms with Crippen LogP contribution in [0.5, 0.6) is 0 Å². The summed E-state index contributed by atoms with van der Waals surface area (Å²) in [5, 5.41) is 2.58. The van der Waals surface area contributed by atoms with Gasteiger partial charge < -0.3 is 15.0 Å². The number of hydrogen-bond acceptors (Lipinski definition) is 3. The lowest BCUT2D eigenvalue weighted by Crippen LogP contribution is -2.51. The number of nitrogens with zero attached hydrogens (tertiary/aromatic N) is 1. The number of benzene rings is 2. The van der Waals surface area contributed by atoms with Crippen LogP contribution in [0.1, 0.15) is 11.6 Å². The number of carbonyl (C=O) groups is 2. The molecular formula is C18H16F2N2O3. The van der Waals surface area contributed by atoms with Gasteiger partial charge in [0, 0.05) is 12.7 Å². The number of likely N-dealkylation sites (N-methyl/N-ethyl adjacent to an activating group) is 1. The number of morpholine rings is 1. The van der Waals surface area contributed by atoms with E-state index >= 15 is 0 Å². The molecule has 3 rings (SSSR count). The molecule has 0 radical (unpaired) electrons. The first-order valence-electron chi connectivity index (χ1n) is 7.65. The quantitative estimate of drug-likeness (QED) is 0.929. The molecule has 2 aromatic carbocycles. The van der Waals surface area contributed by atoms with Crippen molar-refractivity contribution < 1.29 is 23.1 Å². The molecule has 1 heterocycles. The third-order valence-electron chi connectivity index (χ3n) is 4.05. The maximum Gasteiger partial charge on any atom is 0.256 e. The smallest absolute Gasteiger partial charge is 0.256 e. The average Bonchev–Trinajstić information content (AvgIpc) is 2.58. The maximum atomic E-state index is 13.3. The number of carbonyl (C=O) groups excluding carboxylic acids is 2. The van der Waals surface area contributed by atoms with Crippen LogP contribution in [0, 0.1) is 11.6 Å². The fourth-order valence-electron chi connectivity index (χ4n) is 2.77. The highest BCUT2D eigenvalue weighted by molar-refractivity contribution is 5.96. The third kappa shape index (κ3) is 3.66. The predicted octanol–water partition coefficient (Wildman–Crippen LogP) is 2.50. The number of ether oxygens (including phenoxy) is 1. The lowest BCUT2D eigenvalue weighted by atomic mass is 9.97. The predicted molar refractivity (Wildman–Crippen MR) is 86.7 cm³/mol. The van der Waals surface area contributed by atoms with Crippen molar-refractivity contribution in [2.75, 3.05) is 19.0 Å². The van der Waals surface area contributed by atoms with Gasteiger partial charge in [0.25, 0.3) is 5.91 Å². The zero-order valence-electron chi connectivity index (χ0n) is 13.4. The fraction of sp³-hybridized carbons (Fsp3) is 0.222. The van der Waals surface area contributed by atoms with E-state index in [9.17, 15) is 18.4 Å². The first-order valence-corrected chi connectivity index (χ1v) is 7.65. The van der Waals surface area contributed by atoms with Gasteiger partial charge in [-0.1, -0.05) is 18.2 Å². The molecule has 130 valence electrons. The van der Waals surface area contributed by atoms with E-state index in [0.717, 1.165) is 0 Å². The summed E-state index contributed by atoms with van der Waals surface area (Å²) in [6.07, 6.45) is -1.00. The molecule has 1 aliphatic rings. The Morgan fingerprint density at radius 3 is 2.56 bits per heavy atom. The summed E-state index contributed by atoms with van der Waals surface area (Å²) in [7, 11) is 1.56. The second kappa shape index (κ2) is 6.98. The van der Waals surface area contributed by atoms with Gasteiger partial charge in [0.05, 0.1) is 6.04 Å². The molecule has 0 spiro atoms. The Kier molecular flexibility index (Phi) is 4.76. The van der Waals surface area contributed by atoms with E-state index in [1.165, 1.54) is 47.4 Å². The molecule has 5 nitrogen and oxygen atoms in total. The van der Waals surface area contributed by atoms with Crippen LogP contribution in [0.4, 0.5) is 14.5 Å². The Morgan fingerprint density at radius 2 is 1.88 bits per heavy atom. The van der Waals surface area contributed by atoms with Crippen molar-refractivity contribution in [1.82, 2.24) is 4.90 Å². The van der Waals surface area contributed by atoms with Crippen molar-refractivity contribution in [2.24, 2.45) is 0 Å². The van der Waals surface area contributed by atoms with Gasteiger partial charge in [0.15, 0.2) is 6.10 Å². The number of rotatable bonds is 3. The first kappa shape index (κ1) is 17.0. The molecule has 7 heteroatoms. The van der Waals surface area contributed by atoms with E-state index in [1.807, 2.05) is 0 Å². The third-order valence-corrected chi connectivity index (χ3v) is 4.05. The topological polar surface area (TPSA) is 58.6 Å². The monoisotopic (exact) mass is 346 g/mol. The largest absolute Gasteiger partial charge is 0.356 e. The maximum absolute atomic E-state index is 13.3. The zero-order valence-corrected chi connectivity index (χ0v) is 13.4. The summed E-state index contributed by atoms with van der Waals surface area (Å²) in [6, 6.07) is 10.3. The van der Waals surface area contributed by atoms with Crippen LogP contribution < -0.4 is 5.32 Å². The molecule has 1 N–H and O–H groups in total. The number of hydrogen-bond donors (Lipinski definition) is 1. The fourth-order valence-corrected chi connectivity index (χ4v) is 2.77. The van der Waals surface area contributed by atoms with Crippen LogP contribution in [0.25, 0.3) is 0 Å². The van der Waals surface area contributed by atoms with Crippen molar-refractivity contribution in [3.63, 3.8) is 0 Å². The van der Waals surface area contributed by atoms with Gasteiger partial charge in [-0.05, 0) is 35.9 Å². The molecule has 0 aromatic heterocycles. The minimum atomic E-state index is -1.00. The van der Waals surface area contributed by atoms with Crippen molar-refractivity contribution in [2.45, 2.75) is 12.1 Å². The van der Waals surface area contributed by atoms with Crippen LogP contribution in [0.2, 0.25) is 0 Å². The number of halogens is 2. The van der Waals surface area contributed by atoms with Crippen molar-refractivity contribution in [3.05, 3.63) is 65.7 Å². The summed E-state index contributed by atoms with van der Waals surface area (Å²) < 4.78 is 31.9. The molecule has 25 heavy (non-hydrogen) atoms. The number of nitrogens with one attached hydrogen (secondary N) is 1. The van der Waals surface area contributed by atoms with E-state index in [-0.39, 0.29) is 18.2 Å². The minimum absolute atomic E-state index is 0.241. The van der Waals surface area contributed by atoms with E-state index < -0.39 is 29.7 Å². The Hall–Kier alpha value is -2.80. The molecule has 0 aliphatic carbocycles. The molecular weight excluding hydrogens is 330 g/mol. The van der Waals surface area contributed by atoms with E-state index in [2.05, 4.69) is 5.32 Å². The molecule has 1 aliphatic heterocycles. The molecule has 1 fully saturated rings. The molecule has 1 saturated heterocycles. The van der Waals surface area contributed by atoms with Gasteiger partial charge in [-0.2, -0.15) is 0 Å². The molecule has 0 saturated carbocycles. The lowest BCUT2D eigenvalue weighted by Gasteiger charge is -2.38. The lowest BCUT2D eigenvalue weighted by molar-refractivity contribution is -0.160.